The summed E-state index contributed by atoms with van der Waals surface area (Å²) < 4.78 is 0. The van der Waals surface area contributed by atoms with Crippen LogP contribution in [0.1, 0.15) is 49.2 Å². The molecule has 0 amide bonds. The lowest BCUT2D eigenvalue weighted by molar-refractivity contribution is 0.652. The predicted octanol–water partition coefficient (Wildman–Crippen LogP) is 0.987. The van der Waals surface area contributed by atoms with Crippen molar-refractivity contribution in [3.05, 3.63) is 27.4 Å². The summed E-state index contributed by atoms with van der Waals surface area (Å²) in [4.78, 5) is 19.4. The van der Waals surface area contributed by atoms with Crippen LogP contribution in [-0.4, -0.2) is 9.97 Å². The number of nitrogens with two attached hydrogens (primary N) is 1. The topological polar surface area (TPSA) is 71.8 Å². The van der Waals surface area contributed by atoms with Crippen LogP contribution in [0.15, 0.2) is 4.79 Å². The van der Waals surface area contributed by atoms with E-state index in [0.29, 0.717) is 5.82 Å². The summed E-state index contributed by atoms with van der Waals surface area (Å²) in [5, 5.41) is 0. The van der Waals surface area contributed by atoms with Crippen LogP contribution in [0.5, 0.6) is 0 Å². The Kier molecular flexibility index (Phi) is 2.14. The van der Waals surface area contributed by atoms with Crippen molar-refractivity contribution in [1.82, 2.24) is 9.97 Å². The third-order valence-electron chi connectivity index (χ3n) is 3.70. The summed E-state index contributed by atoms with van der Waals surface area (Å²) in [5.41, 5.74) is 7.67. The molecule has 2 aliphatic carbocycles. The van der Waals surface area contributed by atoms with E-state index in [4.69, 9.17) is 5.73 Å². The average molecular weight is 219 g/mol. The standard InChI is InChI=1S/C12H17N3O/c13-12(6-7-12)11-14-9-5-3-1-2-4-8(9)10(16)15-11/h1-7,13H2,(H,14,15,16). The van der Waals surface area contributed by atoms with E-state index < -0.39 is 0 Å². The van der Waals surface area contributed by atoms with Crippen molar-refractivity contribution in [1.29, 1.82) is 0 Å². The molecule has 3 N–H and O–H groups in total. The summed E-state index contributed by atoms with van der Waals surface area (Å²) in [6.07, 6.45) is 7.12. The second-order valence-electron chi connectivity index (χ2n) is 5.06. The average Bonchev–Trinajstić information content (AvgIpc) is 3.02. The van der Waals surface area contributed by atoms with E-state index in [2.05, 4.69) is 9.97 Å². The number of rotatable bonds is 1. The van der Waals surface area contributed by atoms with E-state index in [1.807, 2.05) is 0 Å². The second kappa shape index (κ2) is 3.42. The summed E-state index contributed by atoms with van der Waals surface area (Å²) in [7, 11) is 0. The van der Waals surface area contributed by atoms with Gasteiger partial charge in [-0.25, -0.2) is 4.98 Å². The van der Waals surface area contributed by atoms with Gasteiger partial charge in [-0.1, -0.05) is 6.42 Å². The summed E-state index contributed by atoms with van der Waals surface area (Å²) in [5.74, 6) is 0.707. The zero-order valence-corrected chi connectivity index (χ0v) is 9.38. The molecule has 0 radical (unpaired) electrons. The van der Waals surface area contributed by atoms with Crippen molar-refractivity contribution < 1.29 is 0 Å². The first-order valence-corrected chi connectivity index (χ1v) is 6.10. The van der Waals surface area contributed by atoms with E-state index >= 15 is 0 Å². The molecule has 1 saturated carbocycles. The fourth-order valence-corrected chi connectivity index (χ4v) is 2.39. The van der Waals surface area contributed by atoms with Crippen LogP contribution in [-0.2, 0) is 18.4 Å². The van der Waals surface area contributed by atoms with Gasteiger partial charge in [-0.2, -0.15) is 0 Å². The molecule has 0 bridgehead atoms. The third kappa shape index (κ3) is 1.57. The number of hydrogen-bond donors (Lipinski definition) is 2. The van der Waals surface area contributed by atoms with Gasteiger partial charge in [-0.3, -0.25) is 4.79 Å². The second-order valence-corrected chi connectivity index (χ2v) is 5.06. The molecule has 1 heterocycles. The number of aromatic amines is 1. The minimum absolute atomic E-state index is 0.0404. The minimum atomic E-state index is -0.333. The number of nitrogens with one attached hydrogen (secondary N) is 1. The fraction of sp³-hybridized carbons (Fsp3) is 0.667. The van der Waals surface area contributed by atoms with Crippen LogP contribution in [0.25, 0.3) is 0 Å². The first-order chi connectivity index (χ1) is 7.69. The van der Waals surface area contributed by atoms with Gasteiger partial charge in [-0.05, 0) is 38.5 Å². The number of fused-ring (bicyclic) bond motifs is 1. The monoisotopic (exact) mass is 219 g/mol. The number of hydrogen-bond acceptors (Lipinski definition) is 3. The van der Waals surface area contributed by atoms with E-state index in [1.54, 1.807) is 0 Å². The van der Waals surface area contributed by atoms with Gasteiger partial charge < -0.3 is 10.7 Å². The van der Waals surface area contributed by atoms with Crippen molar-refractivity contribution in [2.24, 2.45) is 5.73 Å². The predicted molar refractivity (Wildman–Crippen MR) is 61.2 cm³/mol. The lowest BCUT2D eigenvalue weighted by Gasteiger charge is -2.11. The highest BCUT2D eigenvalue weighted by molar-refractivity contribution is 5.24. The van der Waals surface area contributed by atoms with E-state index in [0.717, 1.165) is 49.8 Å². The van der Waals surface area contributed by atoms with Crippen molar-refractivity contribution in [2.45, 2.75) is 50.5 Å². The Morgan fingerprint density at radius 1 is 1.19 bits per heavy atom. The van der Waals surface area contributed by atoms with Crippen LogP contribution in [0, 0.1) is 0 Å². The van der Waals surface area contributed by atoms with E-state index in [-0.39, 0.29) is 11.1 Å². The number of aryl methyl sites for hydroxylation is 1. The normalized spacial score (nSPS) is 22.3. The maximum absolute atomic E-state index is 12.0. The Balaban J connectivity index is 2.09. The van der Waals surface area contributed by atoms with Gasteiger partial charge in [0.2, 0.25) is 0 Å². The summed E-state index contributed by atoms with van der Waals surface area (Å²) >= 11 is 0. The quantitative estimate of drug-likeness (QED) is 0.692. The van der Waals surface area contributed by atoms with E-state index in [9.17, 15) is 4.79 Å². The molecule has 0 saturated heterocycles. The fourth-order valence-electron chi connectivity index (χ4n) is 2.39. The minimum Gasteiger partial charge on any atom is -0.319 e. The zero-order chi connectivity index (χ0) is 11.2. The maximum atomic E-state index is 12.0. The lowest BCUT2D eigenvalue weighted by Crippen LogP contribution is -2.29. The van der Waals surface area contributed by atoms with Crippen molar-refractivity contribution >= 4 is 0 Å². The third-order valence-corrected chi connectivity index (χ3v) is 3.70. The SMILES string of the molecule is NC1(c2nc3c(c(=O)[nH]2)CCCCC3)CC1. The number of H-pyrrole nitrogens is 1. The Morgan fingerprint density at radius 2 is 1.94 bits per heavy atom. The first-order valence-electron chi connectivity index (χ1n) is 6.10. The molecule has 0 atom stereocenters. The smallest absolute Gasteiger partial charge is 0.254 e. The van der Waals surface area contributed by atoms with Crippen molar-refractivity contribution in [3.63, 3.8) is 0 Å². The molecular weight excluding hydrogens is 202 g/mol. The summed E-state index contributed by atoms with van der Waals surface area (Å²) in [6.45, 7) is 0. The highest BCUT2D eigenvalue weighted by Gasteiger charge is 2.43. The van der Waals surface area contributed by atoms with Crippen molar-refractivity contribution in [2.75, 3.05) is 0 Å². The van der Waals surface area contributed by atoms with Crippen LogP contribution in [0.3, 0.4) is 0 Å². The van der Waals surface area contributed by atoms with Crippen LogP contribution < -0.4 is 11.3 Å². The molecule has 3 rings (SSSR count). The van der Waals surface area contributed by atoms with E-state index in [1.165, 1.54) is 6.42 Å². The molecule has 0 aliphatic heterocycles. The molecule has 0 aromatic carbocycles. The molecule has 86 valence electrons. The summed E-state index contributed by atoms with van der Waals surface area (Å²) in [6, 6.07) is 0. The molecule has 1 aromatic rings. The highest BCUT2D eigenvalue weighted by Crippen LogP contribution is 2.40. The molecule has 4 nitrogen and oxygen atoms in total. The first kappa shape index (κ1) is 10.0. The van der Waals surface area contributed by atoms with Crippen LogP contribution >= 0.6 is 0 Å². The van der Waals surface area contributed by atoms with Gasteiger partial charge in [0, 0.05) is 5.56 Å². The van der Waals surface area contributed by atoms with Crippen LogP contribution in [0.2, 0.25) is 0 Å². The van der Waals surface area contributed by atoms with Gasteiger partial charge >= 0.3 is 0 Å². The Morgan fingerprint density at radius 3 is 2.69 bits per heavy atom. The Bertz CT molecular complexity index is 474. The maximum Gasteiger partial charge on any atom is 0.254 e. The lowest BCUT2D eigenvalue weighted by atomic mass is 10.1. The zero-order valence-electron chi connectivity index (χ0n) is 9.38. The molecule has 4 heteroatoms. The number of nitrogens with zero attached hydrogens (tertiary/aromatic N) is 1. The molecular formula is C12H17N3O. The van der Waals surface area contributed by atoms with Gasteiger partial charge in [0.25, 0.3) is 5.56 Å². The van der Waals surface area contributed by atoms with Gasteiger partial charge in [-0.15, -0.1) is 0 Å². The van der Waals surface area contributed by atoms with Gasteiger partial charge in [0.15, 0.2) is 0 Å². The van der Waals surface area contributed by atoms with Gasteiger partial charge in [0.1, 0.15) is 5.82 Å². The largest absolute Gasteiger partial charge is 0.319 e. The highest BCUT2D eigenvalue weighted by atomic mass is 16.1. The molecule has 2 aliphatic rings. The molecule has 1 fully saturated rings. The molecule has 0 unspecified atom stereocenters. The molecule has 1 aromatic heterocycles. The molecule has 16 heavy (non-hydrogen) atoms. The van der Waals surface area contributed by atoms with Crippen molar-refractivity contribution in [3.8, 4) is 0 Å². The Labute approximate surface area is 94.3 Å². The molecule has 0 spiro atoms. The Hall–Kier alpha value is -1.16. The van der Waals surface area contributed by atoms with Gasteiger partial charge in [0.05, 0.1) is 11.2 Å². The van der Waals surface area contributed by atoms with Crippen LogP contribution in [0.4, 0.5) is 0 Å². The number of aromatic nitrogens is 2.